The number of carbonyl (C=O) groups excluding carboxylic acids is 2. The van der Waals surface area contributed by atoms with Gasteiger partial charge in [-0.1, -0.05) is 31.5 Å². The van der Waals surface area contributed by atoms with Crippen molar-refractivity contribution in [3.8, 4) is 5.75 Å². The van der Waals surface area contributed by atoms with Crippen LogP contribution in [0, 0.1) is 5.92 Å². The van der Waals surface area contributed by atoms with E-state index in [0.29, 0.717) is 19.4 Å². The van der Waals surface area contributed by atoms with Gasteiger partial charge in [0.05, 0.1) is 30.3 Å². The van der Waals surface area contributed by atoms with E-state index in [0.717, 1.165) is 40.7 Å². The lowest BCUT2D eigenvalue weighted by molar-refractivity contribution is -0.142. The molecule has 166 valence electrons. The van der Waals surface area contributed by atoms with E-state index >= 15 is 0 Å². The van der Waals surface area contributed by atoms with Crippen molar-refractivity contribution in [2.45, 2.75) is 38.6 Å². The number of aromatic nitrogens is 1. The van der Waals surface area contributed by atoms with Crippen molar-refractivity contribution in [2.75, 3.05) is 19.0 Å². The molecule has 6 nitrogen and oxygen atoms in total. The van der Waals surface area contributed by atoms with Crippen LogP contribution in [0.3, 0.4) is 0 Å². The van der Waals surface area contributed by atoms with Gasteiger partial charge >= 0.3 is 0 Å². The number of methoxy groups -OCH3 is 1. The fourth-order valence-electron chi connectivity index (χ4n) is 4.47. The second kappa shape index (κ2) is 9.81. The molecule has 4 rings (SSSR count). The first kappa shape index (κ1) is 21.8. The molecule has 1 N–H and O–H groups in total. The Morgan fingerprint density at radius 3 is 2.72 bits per heavy atom. The van der Waals surface area contributed by atoms with Crippen molar-refractivity contribution in [1.29, 1.82) is 0 Å². The minimum atomic E-state index is -0.343. The van der Waals surface area contributed by atoms with Crippen LogP contribution in [0.4, 0.5) is 5.69 Å². The lowest BCUT2D eigenvalue weighted by Gasteiger charge is -2.41. The summed E-state index contributed by atoms with van der Waals surface area (Å²) < 4.78 is 5.30. The Morgan fingerprint density at radius 2 is 1.97 bits per heavy atom. The van der Waals surface area contributed by atoms with Gasteiger partial charge in [0.2, 0.25) is 11.8 Å². The average molecular weight is 432 g/mol. The van der Waals surface area contributed by atoms with Crippen molar-refractivity contribution < 1.29 is 14.3 Å². The highest BCUT2D eigenvalue weighted by atomic mass is 16.5. The van der Waals surface area contributed by atoms with E-state index in [1.807, 2.05) is 59.5 Å². The molecular formula is C26H29N3O3. The van der Waals surface area contributed by atoms with Crippen LogP contribution in [0.2, 0.25) is 0 Å². The van der Waals surface area contributed by atoms with Crippen LogP contribution in [0.25, 0.3) is 10.9 Å². The Balaban J connectivity index is 1.67. The van der Waals surface area contributed by atoms with Crippen LogP contribution in [-0.4, -0.2) is 35.4 Å². The number of piperidine rings is 1. The Bertz CT molecular complexity index is 1090. The Morgan fingerprint density at radius 1 is 1.16 bits per heavy atom. The molecule has 1 aromatic heterocycles. The maximum atomic E-state index is 13.5. The van der Waals surface area contributed by atoms with E-state index < -0.39 is 0 Å². The van der Waals surface area contributed by atoms with E-state index in [2.05, 4.69) is 17.2 Å². The number of nitrogens with one attached hydrogen (secondary N) is 1. The van der Waals surface area contributed by atoms with Gasteiger partial charge in [-0.2, -0.15) is 0 Å². The normalized spacial score (nSPS) is 18.6. The first-order valence-electron chi connectivity index (χ1n) is 11.2. The third-order valence-electron chi connectivity index (χ3n) is 6.16. The smallest absolute Gasteiger partial charge is 0.229 e. The van der Waals surface area contributed by atoms with Crippen LogP contribution >= 0.6 is 0 Å². The van der Waals surface area contributed by atoms with Gasteiger partial charge in [0.15, 0.2) is 0 Å². The number of hydrogen-bond donors (Lipinski definition) is 1. The average Bonchev–Trinajstić information content (AvgIpc) is 2.83. The second-order valence-electron chi connectivity index (χ2n) is 8.17. The number of nitrogens with zero attached hydrogens (tertiary/aromatic N) is 2. The summed E-state index contributed by atoms with van der Waals surface area (Å²) in [7, 11) is 1.63. The number of fused-ring (bicyclic) bond motifs is 1. The molecule has 0 unspecified atom stereocenters. The molecule has 0 spiro atoms. The van der Waals surface area contributed by atoms with Crippen molar-refractivity contribution in [1.82, 2.24) is 9.88 Å². The maximum Gasteiger partial charge on any atom is 0.229 e. The van der Waals surface area contributed by atoms with Gasteiger partial charge in [-0.3, -0.25) is 14.6 Å². The number of amides is 2. The predicted molar refractivity (Wildman–Crippen MR) is 125 cm³/mol. The zero-order valence-electron chi connectivity index (χ0n) is 18.6. The lowest BCUT2D eigenvalue weighted by atomic mass is 9.83. The SMILES string of the molecule is CCCCN1C(=O)CC[C@@H](C(=O)Nc2cccc3ncccc23)[C@H]1c1ccc(OC)cc1. The third kappa shape index (κ3) is 4.44. The number of carbonyl (C=O) groups is 2. The first-order valence-corrected chi connectivity index (χ1v) is 11.2. The summed E-state index contributed by atoms with van der Waals surface area (Å²) in [6.45, 7) is 2.75. The van der Waals surface area contributed by atoms with Crippen LogP contribution in [0.1, 0.15) is 44.2 Å². The van der Waals surface area contributed by atoms with Gasteiger partial charge in [-0.05, 0) is 54.8 Å². The minimum Gasteiger partial charge on any atom is -0.497 e. The maximum absolute atomic E-state index is 13.5. The summed E-state index contributed by atoms with van der Waals surface area (Å²) in [6, 6.07) is 16.9. The second-order valence-corrected chi connectivity index (χ2v) is 8.17. The highest BCUT2D eigenvalue weighted by molar-refractivity contribution is 6.02. The highest BCUT2D eigenvalue weighted by Gasteiger charge is 2.40. The molecule has 32 heavy (non-hydrogen) atoms. The molecule has 2 aromatic carbocycles. The van der Waals surface area contributed by atoms with E-state index in [9.17, 15) is 9.59 Å². The summed E-state index contributed by atoms with van der Waals surface area (Å²) in [4.78, 5) is 32.7. The van der Waals surface area contributed by atoms with Gasteiger partial charge < -0.3 is 15.0 Å². The molecule has 3 aromatic rings. The number of ether oxygens (including phenoxy) is 1. The monoisotopic (exact) mass is 431 g/mol. The van der Waals surface area contributed by atoms with Crippen LogP contribution in [0.5, 0.6) is 5.75 Å². The molecular weight excluding hydrogens is 402 g/mol. The molecule has 6 heteroatoms. The Kier molecular flexibility index (Phi) is 6.69. The number of unbranched alkanes of at least 4 members (excludes halogenated alkanes) is 1. The van der Waals surface area contributed by atoms with Gasteiger partial charge in [-0.15, -0.1) is 0 Å². The van der Waals surface area contributed by atoms with Crippen LogP contribution in [0.15, 0.2) is 60.8 Å². The van der Waals surface area contributed by atoms with E-state index in [1.165, 1.54) is 0 Å². The van der Waals surface area contributed by atoms with Crippen molar-refractivity contribution in [3.05, 3.63) is 66.4 Å². The lowest BCUT2D eigenvalue weighted by Crippen LogP contribution is -2.47. The standard InChI is InChI=1S/C26H29N3O3/c1-3-4-17-29-24(30)15-14-21(25(29)18-10-12-19(32-2)13-11-18)26(31)28-23-9-5-8-22-20(23)7-6-16-27-22/h5-13,16,21,25H,3-4,14-15,17H2,1-2H3,(H,28,31)/t21-,25-/m1/s1. The predicted octanol–water partition coefficient (Wildman–Crippen LogP) is 4.96. The van der Waals surface area contributed by atoms with Crippen molar-refractivity contribution in [3.63, 3.8) is 0 Å². The summed E-state index contributed by atoms with van der Waals surface area (Å²) in [6.07, 6.45) is 4.53. The number of rotatable bonds is 7. The molecule has 1 aliphatic heterocycles. The fourth-order valence-corrected chi connectivity index (χ4v) is 4.47. The molecule has 0 saturated carbocycles. The van der Waals surface area contributed by atoms with Gasteiger partial charge in [0.1, 0.15) is 5.75 Å². The fraction of sp³-hybridized carbons (Fsp3) is 0.346. The summed E-state index contributed by atoms with van der Waals surface area (Å²) in [5.74, 6) is 0.443. The Hall–Kier alpha value is -3.41. The topological polar surface area (TPSA) is 71.5 Å². The zero-order chi connectivity index (χ0) is 22.5. The largest absolute Gasteiger partial charge is 0.497 e. The van der Waals surface area contributed by atoms with Gasteiger partial charge in [-0.25, -0.2) is 0 Å². The molecule has 1 fully saturated rings. The van der Waals surface area contributed by atoms with Crippen LogP contribution in [-0.2, 0) is 9.59 Å². The number of pyridine rings is 1. The first-order chi connectivity index (χ1) is 15.6. The summed E-state index contributed by atoms with van der Waals surface area (Å²) >= 11 is 0. The van der Waals surface area contributed by atoms with Gasteiger partial charge in [0.25, 0.3) is 0 Å². The van der Waals surface area contributed by atoms with Gasteiger partial charge in [0, 0.05) is 24.5 Å². The van der Waals surface area contributed by atoms with E-state index in [1.54, 1.807) is 13.3 Å². The van der Waals surface area contributed by atoms with Crippen molar-refractivity contribution >= 4 is 28.4 Å². The quantitative estimate of drug-likeness (QED) is 0.574. The Labute approximate surface area is 188 Å². The summed E-state index contributed by atoms with van der Waals surface area (Å²) in [5, 5.41) is 4.03. The molecule has 2 atom stereocenters. The van der Waals surface area contributed by atoms with Crippen LogP contribution < -0.4 is 10.1 Å². The van der Waals surface area contributed by atoms with E-state index in [-0.39, 0.29) is 23.8 Å². The summed E-state index contributed by atoms with van der Waals surface area (Å²) in [5.41, 5.74) is 2.53. The molecule has 1 saturated heterocycles. The molecule has 1 aliphatic rings. The van der Waals surface area contributed by atoms with E-state index in [4.69, 9.17) is 4.74 Å². The molecule has 2 heterocycles. The minimum absolute atomic E-state index is 0.0730. The third-order valence-corrected chi connectivity index (χ3v) is 6.16. The number of benzene rings is 2. The molecule has 0 radical (unpaired) electrons. The number of hydrogen-bond acceptors (Lipinski definition) is 4. The zero-order valence-corrected chi connectivity index (χ0v) is 18.6. The molecule has 0 aliphatic carbocycles. The number of anilines is 1. The molecule has 2 amide bonds. The molecule has 0 bridgehead atoms. The van der Waals surface area contributed by atoms with Crippen molar-refractivity contribution in [2.24, 2.45) is 5.92 Å². The number of likely N-dealkylation sites (tertiary alicyclic amines) is 1. The highest BCUT2D eigenvalue weighted by Crippen LogP contribution is 2.38.